The van der Waals surface area contributed by atoms with E-state index in [4.69, 9.17) is 0 Å². The highest BCUT2D eigenvalue weighted by molar-refractivity contribution is 5.90. The normalized spacial score (nSPS) is 21.5. The average molecular weight is 494 g/mol. The molecular formula is C20H17F7N4O3. The standard InChI is InChI=1S/C20H17F7N4O3/c1-11-10-30(16-13(18(21,22)23)3-2-6-28-16)7-8-31(11)17(32)29-12-4-5-15-14(9-12)19(24,25)34-20(26,27)33-15/h2-6,9,11H,7-8,10H2,1H3,(H,29,32)/t11-/m1/s1. The van der Waals surface area contributed by atoms with Gasteiger partial charge in [0.25, 0.3) is 0 Å². The van der Waals surface area contributed by atoms with Gasteiger partial charge in [-0.25, -0.2) is 14.5 Å². The number of hydrogen-bond acceptors (Lipinski definition) is 5. The van der Waals surface area contributed by atoms with Crippen LogP contribution < -0.4 is 15.0 Å². The lowest BCUT2D eigenvalue weighted by Gasteiger charge is -2.41. The first-order valence-corrected chi connectivity index (χ1v) is 9.91. The van der Waals surface area contributed by atoms with Crippen molar-refractivity contribution in [3.63, 3.8) is 0 Å². The molecule has 184 valence electrons. The number of anilines is 2. The lowest BCUT2D eigenvalue weighted by Crippen LogP contribution is -2.55. The third-order valence-corrected chi connectivity index (χ3v) is 5.30. The van der Waals surface area contributed by atoms with Crippen molar-refractivity contribution in [2.24, 2.45) is 0 Å². The van der Waals surface area contributed by atoms with Crippen LogP contribution in [0.2, 0.25) is 0 Å². The number of nitrogens with zero attached hydrogens (tertiary/aromatic N) is 3. The van der Waals surface area contributed by atoms with Gasteiger partial charge in [0.1, 0.15) is 11.6 Å². The number of amides is 2. The van der Waals surface area contributed by atoms with Gasteiger partial charge in [0.05, 0.1) is 11.1 Å². The van der Waals surface area contributed by atoms with Crippen LogP contribution in [0.1, 0.15) is 18.1 Å². The van der Waals surface area contributed by atoms with Crippen LogP contribution in [0.4, 0.5) is 47.0 Å². The van der Waals surface area contributed by atoms with Gasteiger partial charge in [0.2, 0.25) is 0 Å². The number of nitrogens with one attached hydrogen (secondary N) is 1. The third kappa shape index (κ3) is 4.67. The van der Waals surface area contributed by atoms with E-state index in [2.05, 4.69) is 19.8 Å². The number of aromatic nitrogens is 1. The van der Waals surface area contributed by atoms with Crippen LogP contribution in [0, 0.1) is 0 Å². The summed E-state index contributed by atoms with van der Waals surface area (Å²) in [5.74, 6) is -1.06. The van der Waals surface area contributed by atoms with Crippen molar-refractivity contribution < 1.29 is 45.0 Å². The smallest absolute Gasteiger partial charge is 0.409 e. The van der Waals surface area contributed by atoms with Crippen molar-refractivity contribution in [2.45, 2.75) is 31.5 Å². The van der Waals surface area contributed by atoms with E-state index in [-0.39, 0.29) is 31.1 Å². The summed E-state index contributed by atoms with van der Waals surface area (Å²) >= 11 is 0. The van der Waals surface area contributed by atoms with Gasteiger partial charge in [-0.3, -0.25) is 0 Å². The molecule has 1 aromatic carbocycles. The van der Waals surface area contributed by atoms with Crippen molar-refractivity contribution in [2.75, 3.05) is 29.9 Å². The molecule has 2 aliphatic rings. The van der Waals surface area contributed by atoms with Gasteiger partial charge in [-0.1, -0.05) is 0 Å². The lowest BCUT2D eigenvalue weighted by molar-refractivity contribution is -0.461. The Balaban J connectivity index is 1.46. The molecule has 0 bridgehead atoms. The van der Waals surface area contributed by atoms with E-state index in [1.54, 1.807) is 6.92 Å². The minimum absolute atomic E-state index is 0.0143. The van der Waals surface area contributed by atoms with Gasteiger partial charge in [-0.05, 0) is 37.3 Å². The monoisotopic (exact) mass is 494 g/mol. The Morgan fingerprint density at radius 2 is 1.91 bits per heavy atom. The molecule has 1 saturated heterocycles. The molecule has 4 rings (SSSR count). The molecule has 0 unspecified atom stereocenters. The number of hydrogen-bond donors (Lipinski definition) is 1. The van der Waals surface area contributed by atoms with Gasteiger partial charge in [-0.2, -0.15) is 22.0 Å². The molecule has 1 fully saturated rings. The van der Waals surface area contributed by atoms with Crippen LogP contribution in [0.25, 0.3) is 0 Å². The van der Waals surface area contributed by atoms with E-state index in [0.717, 1.165) is 24.3 Å². The maximum atomic E-state index is 14.0. The highest BCUT2D eigenvalue weighted by Gasteiger charge is 2.54. The van der Waals surface area contributed by atoms with Gasteiger partial charge in [0.15, 0.2) is 0 Å². The molecule has 1 atom stereocenters. The summed E-state index contributed by atoms with van der Waals surface area (Å²) in [6.45, 7) is 1.69. The number of carbonyl (C=O) groups is 1. The highest BCUT2D eigenvalue weighted by Crippen LogP contribution is 2.47. The largest absolute Gasteiger partial charge is 0.540 e. The molecule has 2 aromatic rings. The minimum Gasteiger partial charge on any atom is -0.409 e. The summed E-state index contributed by atoms with van der Waals surface area (Å²) in [5.41, 5.74) is -2.03. The number of ether oxygens (including phenoxy) is 2. The van der Waals surface area contributed by atoms with Crippen molar-refractivity contribution in [3.8, 4) is 5.75 Å². The predicted octanol–water partition coefficient (Wildman–Crippen LogP) is 4.85. The zero-order chi connectivity index (χ0) is 24.9. The van der Waals surface area contributed by atoms with E-state index in [9.17, 15) is 35.5 Å². The quantitative estimate of drug-likeness (QED) is 0.605. The summed E-state index contributed by atoms with van der Waals surface area (Å²) in [4.78, 5) is 19.3. The van der Waals surface area contributed by atoms with E-state index >= 15 is 0 Å². The van der Waals surface area contributed by atoms with E-state index in [1.807, 2.05) is 0 Å². The number of piperazine rings is 1. The molecule has 1 aromatic heterocycles. The SMILES string of the molecule is C[C@@H]1CN(c2ncccc2C(F)(F)F)CCN1C(=O)Nc1ccc2c(c1)C(F)(F)OC(F)(F)O2. The maximum Gasteiger partial charge on any atom is 0.540 e. The van der Waals surface area contributed by atoms with Gasteiger partial charge in [-0.15, -0.1) is 8.78 Å². The van der Waals surface area contributed by atoms with Crippen molar-refractivity contribution in [1.29, 1.82) is 0 Å². The number of alkyl halides is 7. The van der Waals surface area contributed by atoms with Crippen LogP contribution >= 0.6 is 0 Å². The second-order valence-electron chi connectivity index (χ2n) is 7.69. The summed E-state index contributed by atoms with van der Waals surface area (Å²) in [7, 11) is 0. The Morgan fingerprint density at radius 1 is 1.18 bits per heavy atom. The maximum absolute atomic E-state index is 14.0. The summed E-state index contributed by atoms with van der Waals surface area (Å²) in [6, 6.07) is 3.50. The van der Waals surface area contributed by atoms with Gasteiger partial charge in [0, 0.05) is 37.6 Å². The number of rotatable bonds is 2. The van der Waals surface area contributed by atoms with Crippen molar-refractivity contribution in [1.82, 2.24) is 9.88 Å². The summed E-state index contributed by atoms with van der Waals surface area (Å²) in [5, 5.41) is 2.38. The van der Waals surface area contributed by atoms with Crippen LogP contribution in [0.3, 0.4) is 0 Å². The first-order valence-electron chi connectivity index (χ1n) is 9.91. The van der Waals surface area contributed by atoms with Gasteiger partial charge >= 0.3 is 24.6 Å². The Bertz CT molecular complexity index is 1100. The molecule has 0 saturated carbocycles. The molecule has 34 heavy (non-hydrogen) atoms. The zero-order valence-electron chi connectivity index (χ0n) is 17.4. The molecule has 3 heterocycles. The Morgan fingerprint density at radius 3 is 2.59 bits per heavy atom. The summed E-state index contributed by atoms with van der Waals surface area (Å²) in [6.07, 6.45) is -12.2. The molecule has 0 radical (unpaired) electrons. The molecule has 2 amide bonds. The van der Waals surface area contributed by atoms with Crippen LogP contribution in [-0.4, -0.2) is 47.9 Å². The van der Waals surface area contributed by atoms with E-state index in [1.165, 1.54) is 22.1 Å². The number of benzene rings is 1. The van der Waals surface area contributed by atoms with Crippen LogP contribution in [0.15, 0.2) is 36.5 Å². The molecular weight excluding hydrogens is 477 g/mol. The second-order valence-corrected chi connectivity index (χ2v) is 7.69. The molecule has 0 spiro atoms. The molecule has 14 heteroatoms. The lowest BCUT2D eigenvalue weighted by atomic mass is 10.1. The summed E-state index contributed by atoms with van der Waals surface area (Å²) < 4.78 is 102. The van der Waals surface area contributed by atoms with Crippen molar-refractivity contribution >= 4 is 17.5 Å². The Hall–Kier alpha value is -3.29. The average Bonchev–Trinajstić information content (AvgIpc) is 2.72. The van der Waals surface area contributed by atoms with E-state index < -0.39 is 47.5 Å². The number of carbonyl (C=O) groups excluding carboxylic acids is 1. The first kappa shape index (κ1) is 23.9. The first-order chi connectivity index (χ1) is 15.8. The second kappa shape index (κ2) is 8.18. The number of fused-ring (bicyclic) bond motifs is 1. The Kier molecular flexibility index (Phi) is 5.74. The van der Waals surface area contributed by atoms with Crippen LogP contribution in [0.5, 0.6) is 5.75 Å². The fourth-order valence-corrected chi connectivity index (χ4v) is 3.79. The highest BCUT2D eigenvalue weighted by atomic mass is 19.4. The molecule has 1 N–H and O–H groups in total. The predicted molar refractivity (Wildman–Crippen MR) is 104 cm³/mol. The van der Waals surface area contributed by atoms with Crippen LogP contribution in [-0.2, 0) is 17.0 Å². The van der Waals surface area contributed by atoms with E-state index in [0.29, 0.717) is 0 Å². The number of halogens is 7. The third-order valence-electron chi connectivity index (χ3n) is 5.30. The molecule has 7 nitrogen and oxygen atoms in total. The fraction of sp³-hybridized carbons (Fsp3) is 0.400. The number of pyridine rings is 1. The number of urea groups is 1. The minimum atomic E-state index is -4.60. The zero-order valence-corrected chi connectivity index (χ0v) is 17.4. The fourth-order valence-electron chi connectivity index (χ4n) is 3.79. The molecule has 0 aliphatic carbocycles. The Labute approximate surface area is 188 Å². The van der Waals surface area contributed by atoms with Gasteiger partial charge < -0.3 is 19.9 Å². The molecule has 2 aliphatic heterocycles. The topological polar surface area (TPSA) is 66.9 Å². The van der Waals surface area contributed by atoms with Crippen molar-refractivity contribution in [3.05, 3.63) is 47.7 Å².